The Balaban J connectivity index is 3.52. The maximum atomic E-state index is 12.3. The Morgan fingerprint density at radius 2 is 0.864 bits per heavy atom. The van der Waals surface area contributed by atoms with Gasteiger partial charge in [-0.1, -0.05) is 187 Å². The van der Waals surface area contributed by atoms with Crippen molar-refractivity contribution in [3.05, 3.63) is 12.2 Å². The van der Waals surface area contributed by atoms with Crippen LogP contribution in [0.4, 0.5) is 0 Å². The van der Waals surface area contributed by atoms with Crippen molar-refractivity contribution in [2.75, 3.05) is 6.61 Å². The minimum absolute atomic E-state index is 0.0464. The van der Waals surface area contributed by atoms with Crippen LogP contribution in [0.2, 0.25) is 0 Å². The molecule has 0 aliphatic carbocycles. The van der Waals surface area contributed by atoms with Gasteiger partial charge in [0.15, 0.2) is 0 Å². The minimum Gasteiger partial charge on any atom is -0.394 e. The van der Waals surface area contributed by atoms with Crippen molar-refractivity contribution in [2.45, 2.75) is 231 Å². The molecule has 0 aliphatic rings. The van der Waals surface area contributed by atoms with Crippen LogP contribution in [0.1, 0.15) is 219 Å². The largest absolute Gasteiger partial charge is 0.394 e. The zero-order valence-corrected chi connectivity index (χ0v) is 29.9. The molecule has 3 N–H and O–H groups in total. The van der Waals surface area contributed by atoms with E-state index in [9.17, 15) is 15.0 Å². The summed E-state index contributed by atoms with van der Waals surface area (Å²) in [4.78, 5) is 12.3. The zero-order chi connectivity index (χ0) is 32.2. The van der Waals surface area contributed by atoms with E-state index in [1.807, 2.05) is 0 Å². The number of hydrogen-bond acceptors (Lipinski definition) is 3. The molecular formula is C40H79NO3. The van der Waals surface area contributed by atoms with Crippen molar-refractivity contribution in [3.8, 4) is 0 Å². The average Bonchev–Trinajstić information content (AvgIpc) is 3.03. The standard InChI is InChI=1S/C40H79NO3/c1-3-5-7-9-11-13-15-17-18-19-20-21-22-24-25-27-29-31-33-35-39(43)38(37-42)41-40(44)36-34-32-30-28-26-23-16-14-12-10-8-6-4-2/h23,26,38-39,42-43H,3-22,24-25,27-37H2,1-2H3,(H,41,44)/b26-23-. The topological polar surface area (TPSA) is 69.6 Å². The van der Waals surface area contributed by atoms with Gasteiger partial charge < -0.3 is 15.5 Å². The van der Waals surface area contributed by atoms with Gasteiger partial charge in [0.2, 0.25) is 5.91 Å². The molecule has 4 heteroatoms. The maximum Gasteiger partial charge on any atom is 0.220 e. The summed E-state index contributed by atoms with van der Waals surface area (Å²) in [5.41, 5.74) is 0. The van der Waals surface area contributed by atoms with Crippen LogP contribution in [-0.2, 0) is 4.79 Å². The Morgan fingerprint density at radius 3 is 1.25 bits per heavy atom. The lowest BCUT2D eigenvalue weighted by atomic mass is 10.0. The molecule has 0 radical (unpaired) electrons. The van der Waals surface area contributed by atoms with Crippen LogP contribution < -0.4 is 5.32 Å². The number of amides is 1. The molecule has 0 aromatic heterocycles. The van der Waals surface area contributed by atoms with Gasteiger partial charge in [0.05, 0.1) is 18.8 Å². The van der Waals surface area contributed by atoms with Gasteiger partial charge in [-0.25, -0.2) is 0 Å². The van der Waals surface area contributed by atoms with E-state index in [4.69, 9.17) is 0 Å². The molecule has 0 fully saturated rings. The second-order valence-corrected chi connectivity index (χ2v) is 13.7. The predicted molar refractivity (Wildman–Crippen MR) is 193 cm³/mol. The lowest BCUT2D eigenvalue weighted by Gasteiger charge is -2.22. The number of carbonyl (C=O) groups is 1. The van der Waals surface area contributed by atoms with Crippen molar-refractivity contribution < 1.29 is 15.0 Å². The Labute approximate surface area is 276 Å². The van der Waals surface area contributed by atoms with Crippen molar-refractivity contribution in [2.24, 2.45) is 0 Å². The molecule has 0 aromatic carbocycles. The number of carbonyl (C=O) groups excluding carboxylic acids is 1. The first kappa shape index (κ1) is 43.1. The second kappa shape index (κ2) is 36.6. The number of aliphatic hydroxyl groups excluding tert-OH is 2. The first-order valence-electron chi connectivity index (χ1n) is 19.9. The van der Waals surface area contributed by atoms with Crippen molar-refractivity contribution in [1.29, 1.82) is 0 Å². The summed E-state index contributed by atoms with van der Waals surface area (Å²) in [6.07, 6.45) is 44.2. The van der Waals surface area contributed by atoms with Gasteiger partial charge in [-0.2, -0.15) is 0 Å². The molecule has 0 heterocycles. The summed E-state index contributed by atoms with van der Waals surface area (Å²) in [5, 5.41) is 23.1. The van der Waals surface area contributed by atoms with E-state index in [0.717, 1.165) is 38.5 Å². The number of aliphatic hydroxyl groups is 2. The lowest BCUT2D eigenvalue weighted by Crippen LogP contribution is -2.45. The summed E-state index contributed by atoms with van der Waals surface area (Å²) in [7, 11) is 0. The van der Waals surface area contributed by atoms with Gasteiger partial charge in [-0.3, -0.25) is 4.79 Å². The molecule has 0 aromatic rings. The normalized spacial score (nSPS) is 13.1. The van der Waals surface area contributed by atoms with E-state index >= 15 is 0 Å². The fourth-order valence-electron chi connectivity index (χ4n) is 6.18. The highest BCUT2D eigenvalue weighted by atomic mass is 16.3. The fraction of sp³-hybridized carbons (Fsp3) is 0.925. The van der Waals surface area contributed by atoms with Crippen molar-refractivity contribution in [1.82, 2.24) is 5.32 Å². The van der Waals surface area contributed by atoms with Crippen LogP contribution in [0.5, 0.6) is 0 Å². The highest BCUT2D eigenvalue weighted by Gasteiger charge is 2.19. The highest BCUT2D eigenvalue weighted by Crippen LogP contribution is 2.16. The molecule has 1 amide bonds. The molecule has 0 saturated heterocycles. The van der Waals surface area contributed by atoms with Crippen molar-refractivity contribution in [3.63, 3.8) is 0 Å². The van der Waals surface area contributed by atoms with E-state index in [0.29, 0.717) is 12.8 Å². The molecule has 0 rings (SSSR count). The van der Waals surface area contributed by atoms with Crippen LogP contribution in [0.25, 0.3) is 0 Å². The number of hydrogen-bond donors (Lipinski definition) is 3. The average molecular weight is 622 g/mol. The summed E-state index contributed by atoms with van der Waals surface area (Å²) in [6, 6.07) is -0.539. The third kappa shape index (κ3) is 32.5. The third-order valence-corrected chi connectivity index (χ3v) is 9.28. The molecule has 0 bridgehead atoms. The van der Waals surface area contributed by atoms with E-state index in [2.05, 4.69) is 31.3 Å². The molecule has 4 nitrogen and oxygen atoms in total. The highest BCUT2D eigenvalue weighted by molar-refractivity contribution is 5.76. The number of allylic oxidation sites excluding steroid dienone is 2. The van der Waals surface area contributed by atoms with Crippen molar-refractivity contribution >= 4 is 5.91 Å². The Hall–Kier alpha value is -0.870. The molecule has 262 valence electrons. The summed E-state index contributed by atoms with van der Waals surface area (Å²) in [6.45, 7) is 4.35. The van der Waals surface area contributed by atoms with Crippen LogP contribution >= 0.6 is 0 Å². The van der Waals surface area contributed by atoms with E-state index in [1.54, 1.807) is 0 Å². The van der Waals surface area contributed by atoms with Crippen LogP contribution in [0.3, 0.4) is 0 Å². The van der Waals surface area contributed by atoms with E-state index in [1.165, 1.54) is 154 Å². The van der Waals surface area contributed by atoms with Gasteiger partial charge in [-0.15, -0.1) is 0 Å². The molecule has 44 heavy (non-hydrogen) atoms. The molecular weight excluding hydrogens is 542 g/mol. The predicted octanol–water partition coefficient (Wildman–Crippen LogP) is 11.9. The van der Waals surface area contributed by atoms with Gasteiger partial charge in [-0.05, 0) is 38.5 Å². The van der Waals surface area contributed by atoms with Gasteiger partial charge in [0.25, 0.3) is 0 Å². The van der Waals surface area contributed by atoms with Gasteiger partial charge >= 0.3 is 0 Å². The zero-order valence-electron chi connectivity index (χ0n) is 29.9. The van der Waals surface area contributed by atoms with Gasteiger partial charge in [0, 0.05) is 6.42 Å². The van der Waals surface area contributed by atoms with E-state index < -0.39 is 12.1 Å². The second-order valence-electron chi connectivity index (χ2n) is 13.7. The van der Waals surface area contributed by atoms with Crippen LogP contribution in [-0.4, -0.2) is 34.9 Å². The Morgan fingerprint density at radius 1 is 0.523 bits per heavy atom. The SMILES string of the molecule is CCCCCCCC/C=C\CCCCCC(=O)NC(CO)C(O)CCCCCCCCCCCCCCCCCCCCC. The van der Waals surface area contributed by atoms with Crippen LogP contribution in [0.15, 0.2) is 12.2 Å². The summed E-state index contributed by atoms with van der Waals surface area (Å²) in [5.74, 6) is -0.0464. The first-order chi connectivity index (χ1) is 21.7. The summed E-state index contributed by atoms with van der Waals surface area (Å²) < 4.78 is 0. The smallest absolute Gasteiger partial charge is 0.220 e. The number of nitrogens with one attached hydrogen (secondary N) is 1. The molecule has 2 unspecified atom stereocenters. The quantitative estimate of drug-likeness (QED) is 0.0481. The Bertz CT molecular complexity index is 593. The van der Waals surface area contributed by atoms with Crippen LogP contribution in [0, 0.1) is 0 Å². The lowest BCUT2D eigenvalue weighted by molar-refractivity contribution is -0.123. The maximum absolute atomic E-state index is 12.3. The molecule has 2 atom stereocenters. The molecule has 0 aliphatic heterocycles. The number of unbranched alkanes of at least 4 members (excludes halogenated alkanes) is 27. The van der Waals surface area contributed by atoms with E-state index in [-0.39, 0.29) is 12.5 Å². The number of rotatable bonds is 36. The third-order valence-electron chi connectivity index (χ3n) is 9.28. The molecule has 0 saturated carbocycles. The summed E-state index contributed by atoms with van der Waals surface area (Å²) >= 11 is 0. The first-order valence-corrected chi connectivity index (χ1v) is 19.9. The molecule has 0 spiro atoms. The monoisotopic (exact) mass is 622 g/mol. The fourth-order valence-corrected chi connectivity index (χ4v) is 6.18. The van der Waals surface area contributed by atoms with Gasteiger partial charge in [0.1, 0.15) is 0 Å². The minimum atomic E-state index is -0.661. The Kier molecular flexibility index (Phi) is 35.9.